The average Bonchev–Trinajstić information content (AvgIpc) is 2.67. The average molecular weight is 294 g/mol. The Hall–Kier alpha value is -0.590. The number of rotatable bonds is 6. The van der Waals surface area contributed by atoms with Crippen molar-refractivity contribution in [3.63, 3.8) is 0 Å². The van der Waals surface area contributed by atoms with Crippen molar-refractivity contribution in [2.24, 2.45) is 5.41 Å². The van der Waals surface area contributed by atoms with E-state index in [4.69, 9.17) is 11.6 Å². The first-order valence-electron chi connectivity index (χ1n) is 5.76. The van der Waals surface area contributed by atoms with Crippen molar-refractivity contribution in [3.05, 3.63) is 18.7 Å². The molecule has 0 fully saturated rings. The number of sulfonamides is 1. The molecule has 18 heavy (non-hydrogen) atoms. The van der Waals surface area contributed by atoms with Crippen LogP contribution in [0.5, 0.6) is 0 Å². The Morgan fingerprint density at radius 2 is 2.11 bits per heavy atom. The Kier molecular flexibility index (Phi) is 5.19. The number of nitrogens with zero attached hydrogens (tertiary/aromatic N) is 2. The van der Waals surface area contributed by atoms with Crippen LogP contribution in [0.3, 0.4) is 0 Å². The molecule has 0 aliphatic rings. The van der Waals surface area contributed by atoms with Crippen molar-refractivity contribution < 1.29 is 8.42 Å². The summed E-state index contributed by atoms with van der Waals surface area (Å²) in [7, 11) is -3.33. The van der Waals surface area contributed by atoms with Crippen LogP contribution >= 0.6 is 11.6 Å². The maximum absolute atomic E-state index is 11.8. The van der Waals surface area contributed by atoms with Crippen LogP contribution in [0.15, 0.2) is 18.7 Å². The molecule has 0 amide bonds. The second-order valence-corrected chi connectivity index (χ2v) is 7.56. The van der Waals surface area contributed by atoms with Gasteiger partial charge in [0, 0.05) is 30.9 Å². The van der Waals surface area contributed by atoms with Gasteiger partial charge in [-0.2, -0.15) is 0 Å². The molecule has 0 saturated carbocycles. The maximum Gasteiger partial charge on any atom is 0.213 e. The van der Waals surface area contributed by atoms with Gasteiger partial charge >= 0.3 is 0 Å². The zero-order valence-corrected chi connectivity index (χ0v) is 12.5. The molecule has 0 aromatic carbocycles. The van der Waals surface area contributed by atoms with E-state index in [-0.39, 0.29) is 23.1 Å². The third kappa shape index (κ3) is 4.96. The van der Waals surface area contributed by atoms with E-state index >= 15 is 0 Å². The van der Waals surface area contributed by atoms with E-state index in [1.165, 1.54) is 0 Å². The Labute approximate surface area is 114 Å². The molecule has 0 radical (unpaired) electrons. The number of hydrogen-bond donors (Lipinski definition) is 1. The zero-order chi connectivity index (χ0) is 13.8. The third-order valence-corrected chi connectivity index (χ3v) is 4.46. The van der Waals surface area contributed by atoms with Gasteiger partial charge in [0.2, 0.25) is 10.0 Å². The Morgan fingerprint density at radius 3 is 2.56 bits per heavy atom. The first-order chi connectivity index (χ1) is 8.24. The number of halogens is 1. The smallest absolute Gasteiger partial charge is 0.213 e. The number of imidazole rings is 1. The van der Waals surface area contributed by atoms with Crippen molar-refractivity contribution in [3.8, 4) is 0 Å². The molecule has 0 saturated heterocycles. The van der Waals surface area contributed by atoms with E-state index in [0.717, 1.165) is 0 Å². The Morgan fingerprint density at radius 1 is 1.44 bits per heavy atom. The van der Waals surface area contributed by atoms with Gasteiger partial charge in [-0.15, -0.1) is 11.6 Å². The lowest BCUT2D eigenvalue weighted by molar-refractivity contribution is 0.271. The Balaban J connectivity index is 2.80. The molecule has 1 unspecified atom stereocenters. The predicted molar refractivity (Wildman–Crippen MR) is 73.1 cm³/mol. The standard InChI is InChI=1S/C11H20ClN3O2S/c1-11(2,3)10(8-15-6-5-13-9-15)14-18(16,17)7-4-12/h5-6,9-10,14H,4,7-8H2,1-3H3. The topological polar surface area (TPSA) is 64.0 Å². The summed E-state index contributed by atoms with van der Waals surface area (Å²) in [5.41, 5.74) is -0.191. The van der Waals surface area contributed by atoms with Gasteiger partial charge in [-0.05, 0) is 5.41 Å². The molecule has 104 valence electrons. The van der Waals surface area contributed by atoms with Crippen LogP contribution in [0.4, 0.5) is 0 Å². The van der Waals surface area contributed by atoms with Gasteiger partial charge in [-0.3, -0.25) is 0 Å². The van der Waals surface area contributed by atoms with Gasteiger partial charge in [0.1, 0.15) is 0 Å². The van der Waals surface area contributed by atoms with E-state index in [1.54, 1.807) is 12.5 Å². The number of aromatic nitrogens is 2. The molecule has 1 rings (SSSR count). The van der Waals surface area contributed by atoms with E-state index in [1.807, 2.05) is 31.5 Å². The fourth-order valence-electron chi connectivity index (χ4n) is 1.47. The number of nitrogens with one attached hydrogen (secondary N) is 1. The summed E-state index contributed by atoms with van der Waals surface area (Å²) < 4.78 is 28.2. The monoisotopic (exact) mass is 293 g/mol. The van der Waals surface area contributed by atoms with E-state index in [0.29, 0.717) is 6.54 Å². The fraction of sp³-hybridized carbons (Fsp3) is 0.727. The predicted octanol–water partition coefficient (Wildman–Crippen LogP) is 1.46. The molecule has 1 atom stereocenters. The molecular formula is C11H20ClN3O2S. The molecule has 0 spiro atoms. The van der Waals surface area contributed by atoms with Crippen LogP contribution in [0.25, 0.3) is 0 Å². The number of alkyl halides is 1. The highest BCUT2D eigenvalue weighted by Gasteiger charge is 2.28. The van der Waals surface area contributed by atoms with Gasteiger partial charge < -0.3 is 4.57 Å². The van der Waals surface area contributed by atoms with Crippen molar-refractivity contribution in [1.82, 2.24) is 14.3 Å². The van der Waals surface area contributed by atoms with Crippen LogP contribution in [0.2, 0.25) is 0 Å². The zero-order valence-electron chi connectivity index (χ0n) is 10.9. The summed E-state index contributed by atoms with van der Waals surface area (Å²) in [5, 5.41) is 0. The van der Waals surface area contributed by atoms with Crippen molar-refractivity contribution in [1.29, 1.82) is 0 Å². The summed E-state index contributed by atoms with van der Waals surface area (Å²) in [6, 6.07) is -0.208. The van der Waals surface area contributed by atoms with Gasteiger partial charge in [0.25, 0.3) is 0 Å². The van der Waals surface area contributed by atoms with E-state index < -0.39 is 10.0 Å². The highest BCUT2D eigenvalue weighted by Crippen LogP contribution is 2.21. The highest BCUT2D eigenvalue weighted by atomic mass is 35.5. The second kappa shape index (κ2) is 6.04. The van der Waals surface area contributed by atoms with Gasteiger partial charge in [0.05, 0.1) is 12.1 Å². The molecule has 0 aliphatic heterocycles. The lowest BCUT2D eigenvalue weighted by atomic mass is 9.87. The molecule has 0 bridgehead atoms. The molecule has 1 N–H and O–H groups in total. The largest absolute Gasteiger partial charge is 0.336 e. The van der Waals surface area contributed by atoms with Gasteiger partial charge in [0.15, 0.2) is 0 Å². The first kappa shape index (κ1) is 15.5. The van der Waals surface area contributed by atoms with Crippen molar-refractivity contribution in [2.75, 3.05) is 11.6 Å². The minimum atomic E-state index is -3.33. The molecule has 0 aliphatic carbocycles. The van der Waals surface area contributed by atoms with Crippen molar-refractivity contribution >= 4 is 21.6 Å². The number of hydrogen-bond acceptors (Lipinski definition) is 3. The molecular weight excluding hydrogens is 274 g/mol. The summed E-state index contributed by atoms with van der Waals surface area (Å²) in [6.45, 7) is 6.54. The molecule has 1 aromatic heterocycles. The van der Waals surface area contributed by atoms with Crippen LogP contribution in [0.1, 0.15) is 20.8 Å². The maximum atomic E-state index is 11.8. The summed E-state index contributed by atoms with van der Waals surface area (Å²) >= 11 is 5.49. The molecule has 1 aromatic rings. The minimum absolute atomic E-state index is 0.0644. The molecule has 1 heterocycles. The minimum Gasteiger partial charge on any atom is -0.336 e. The molecule has 7 heteroatoms. The van der Waals surface area contributed by atoms with Crippen LogP contribution in [0, 0.1) is 5.41 Å². The van der Waals surface area contributed by atoms with Crippen LogP contribution in [-0.4, -0.2) is 35.6 Å². The first-order valence-corrected chi connectivity index (χ1v) is 7.95. The SMILES string of the molecule is CC(C)(C)C(Cn1ccnc1)NS(=O)(=O)CCCl. The third-order valence-electron chi connectivity index (χ3n) is 2.67. The van der Waals surface area contributed by atoms with Gasteiger partial charge in [-0.25, -0.2) is 18.1 Å². The lowest BCUT2D eigenvalue weighted by Crippen LogP contribution is -2.47. The summed E-state index contributed by atoms with van der Waals surface area (Å²) in [6.07, 6.45) is 5.16. The van der Waals surface area contributed by atoms with Crippen LogP contribution in [-0.2, 0) is 16.6 Å². The quantitative estimate of drug-likeness (QED) is 0.808. The normalized spacial score (nSPS) is 14.7. The van der Waals surface area contributed by atoms with Crippen LogP contribution < -0.4 is 4.72 Å². The summed E-state index contributed by atoms with van der Waals surface area (Å²) in [5.74, 6) is 0.0301. The highest BCUT2D eigenvalue weighted by molar-refractivity contribution is 7.89. The summed E-state index contributed by atoms with van der Waals surface area (Å²) in [4.78, 5) is 3.95. The molecule has 5 nitrogen and oxygen atoms in total. The van der Waals surface area contributed by atoms with Crippen molar-refractivity contribution in [2.45, 2.75) is 33.4 Å². The van der Waals surface area contributed by atoms with Gasteiger partial charge in [-0.1, -0.05) is 20.8 Å². The second-order valence-electron chi connectivity index (χ2n) is 5.30. The van der Waals surface area contributed by atoms with E-state index in [9.17, 15) is 8.42 Å². The Bertz CT molecular complexity index is 451. The van der Waals surface area contributed by atoms with E-state index in [2.05, 4.69) is 9.71 Å². The fourth-order valence-corrected chi connectivity index (χ4v) is 3.26. The lowest BCUT2D eigenvalue weighted by Gasteiger charge is -2.31.